The lowest BCUT2D eigenvalue weighted by atomic mass is 10.2. The molecule has 0 spiro atoms. The number of methoxy groups -OCH3 is 1. The van der Waals surface area contributed by atoms with Gasteiger partial charge in [-0.05, 0) is 19.1 Å². The van der Waals surface area contributed by atoms with Crippen LogP contribution in [0.25, 0.3) is 0 Å². The van der Waals surface area contributed by atoms with E-state index < -0.39 is 0 Å². The van der Waals surface area contributed by atoms with Gasteiger partial charge in [0, 0.05) is 25.8 Å². The number of pyridine rings is 1. The predicted molar refractivity (Wildman–Crippen MR) is 71.4 cm³/mol. The summed E-state index contributed by atoms with van der Waals surface area (Å²) in [5, 5.41) is 3.20. The van der Waals surface area contributed by atoms with Crippen molar-refractivity contribution in [2.75, 3.05) is 38.3 Å². The zero-order valence-corrected chi connectivity index (χ0v) is 11.3. The second kappa shape index (κ2) is 6.38. The maximum Gasteiger partial charge on any atom is 0.330 e. The molecular formula is C13H19N3O3. The molecule has 6 heteroatoms. The summed E-state index contributed by atoms with van der Waals surface area (Å²) in [6.07, 6.45) is 1.70. The number of hydrogen-bond donors (Lipinski definition) is 1. The van der Waals surface area contributed by atoms with Crippen molar-refractivity contribution in [3.05, 3.63) is 18.3 Å². The van der Waals surface area contributed by atoms with Gasteiger partial charge >= 0.3 is 5.97 Å². The summed E-state index contributed by atoms with van der Waals surface area (Å²) >= 11 is 0. The number of rotatable bonds is 4. The summed E-state index contributed by atoms with van der Waals surface area (Å²) in [6, 6.07) is 3.29. The average Bonchev–Trinajstić information content (AvgIpc) is 2.47. The van der Waals surface area contributed by atoms with Crippen LogP contribution in [-0.4, -0.2) is 50.3 Å². The number of ether oxygens (including phenoxy) is 2. The zero-order chi connectivity index (χ0) is 13.7. The molecule has 1 aromatic heterocycles. The largest absolute Gasteiger partial charge is 0.493 e. The van der Waals surface area contributed by atoms with E-state index >= 15 is 0 Å². The molecule has 1 unspecified atom stereocenters. The van der Waals surface area contributed by atoms with Gasteiger partial charge in [-0.2, -0.15) is 0 Å². The van der Waals surface area contributed by atoms with E-state index in [0.717, 1.165) is 6.54 Å². The monoisotopic (exact) mass is 265 g/mol. The van der Waals surface area contributed by atoms with Crippen LogP contribution in [0.5, 0.6) is 5.75 Å². The van der Waals surface area contributed by atoms with Crippen molar-refractivity contribution in [1.82, 2.24) is 10.3 Å². The molecule has 0 bridgehead atoms. The number of carbonyl (C=O) groups is 1. The molecule has 0 aliphatic carbocycles. The number of anilines is 1. The summed E-state index contributed by atoms with van der Waals surface area (Å²) in [4.78, 5) is 18.3. The molecule has 0 aromatic carbocycles. The highest BCUT2D eigenvalue weighted by molar-refractivity contribution is 5.81. The Hall–Kier alpha value is -1.82. The van der Waals surface area contributed by atoms with Crippen LogP contribution in [0.1, 0.15) is 6.92 Å². The minimum absolute atomic E-state index is 0.234. The lowest BCUT2D eigenvalue weighted by Gasteiger charge is -2.35. The van der Waals surface area contributed by atoms with Crippen LogP contribution in [0.4, 0.5) is 5.82 Å². The molecule has 19 heavy (non-hydrogen) atoms. The van der Waals surface area contributed by atoms with Crippen LogP contribution in [0, 0.1) is 0 Å². The Kier molecular flexibility index (Phi) is 4.57. The fourth-order valence-electron chi connectivity index (χ4n) is 2.16. The Morgan fingerprint density at radius 3 is 3.21 bits per heavy atom. The lowest BCUT2D eigenvalue weighted by molar-refractivity contribution is -0.144. The van der Waals surface area contributed by atoms with Crippen LogP contribution in [0.3, 0.4) is 0 Å². The number of hydrogen-bond acceptors (Lipinski definition) is 6. The third-order valence-corrected chi connectivity index (χ3v) is 3.04. The first-order valence-corrected chi connectivity index (χ1v) is 6.41. The van der Waals surface area contributed by atoms with Gasteiger partial charge in [-0.1, -0.05) is 0 Å². The summed E-state index contributed by atoms with van der Waals surface area (Å²) < 4.78 is 10.4. The van der Waals surface area contributed by atoms with Crippen LogP contribution in [0.2, 0.25) is 0 Å². The number of piperazine rings is 1. The first-order valence-electron chi connectivity index (χ1n) is 6.41. The summed E-state index contributed by atoms with van der Waals surface area (Å²) in [5.74, 6) is 1.12. The number of aromatic nitrogens is 1. The van der Waals surface area contributed by atoms with Crippen molar-refractivity contribution in [2.24, 2.45) is 0 Å². The van der Waals surface area contributed by atoms with Crippen molar-refractivity contribution >= 4 is 11.8 Å². The second-order valence-electron chi connectivity index (χ2n) is 4.19. The molecule has 1 N–H and O–H groups in total. The first kappa shape index (κ1) is 13.6. The minimum Gasteiger partial charge on any atom is -0.493 e. The van der Waals surface area contributed by atoms with Crippen molar-refractivity contribution in [3.63, 3.8) is 0 Å². The highest BCUT2D eigenvalue weighted by Gasteiger charge is 2.32. The van der Waals surface area contributed by atoms with E-state index in [2.05, 4.69) is 10.3 Å². The molecule has 1 aliphatic heterocycles. The van der Waals surface area contributed by atoms with Gasteiger partial charge in [-0.3, -0.25) is 0 Å². The third-order valence-electron chi connectivity index (χ3n) is 3.04. The Morgan fingerprint density at radius 2 is 2.47 bits per heavy atom. The molecule has 104 valence electrons. The maximum absolute atomic E-state index is 12.0. The molecular weight excluding hydrogens is 246 g/mol. The standard InChI is InChI=1S/C13H19N3O3/c1-3-19-13(17)10-9-14-7-8-16(10)12-11(18-2)5-4-6-15-12/h4-6,10,14H,3,7-9H2,1-2H3. The molecule has 2 heterocycles. The van der Waals surface area contributed by atoms with Crippen LogP contribution in [-0.2, 0) is 9.53 Å². The molecule has 0 saturated carbocycles. The summed E-state index contributed by atoms with van der Waals surface area (Å²) in [5.41, 5.74) is 0. The second-order valence-corrected chi connectivity index (χ2v) is 4.19. The van der Waals surface area contributed by atoms with E-state index in [4.69, 9.17) is 9.47 Å². The van der Waals surface area contributed by atoms with E-state index in [9.17, 15) is 4.79 Å². The number of carbonyl (C=O) groups excluding carboxylic acids is 1. The van der Waals surface area contributed by atoms with Crippen molar-refractivity contribution in [3.8, 4) is 5.75 Å². The van der Waals surface area contributed by atoms with Crippen molar-refractivity contribution < 1.29 is 14.3 Å². The average molecular weight is 265 g/mol. The number of esters is 1. The number of nitrogens with one attached hydrogen (secondary N) is 1. The topological polar surface area (TPSA) is 63.7 Å². The highest BCUT2D eigenvalue weighted by atomic mass is 16.5. The summed E-state index contributed by atoms with van der Waals surface area (Å²) in [6.45, 7) is 4.23. The number of nitrogens with zero attached hydrogens (tertiary/aromatic N) is 2. The van der Waals surface area contributed by atoms with E-state index in [1.165, 1.54) is 0 Å². The predicted octanol–water partition coefficient (Wildman–Crippen LogP) is 0.431. The SMILES string of the molecule is CCOC(=O)C1CNCCN1c1ncccc1OC. The van der Waals surface area contributed by atoms with Gasteiger partial charge in [0.05, 0.1) is 13.7 Å². The van der Waals surface area contributed by atoms with Gasteiger partial charge in [0.2, 0.25) is 0 Å². The Bertz CT molecular complexity index is 439. The van der Waals surface area contributed by atoms with Gasteiger partial charge in [-0.15, -0.1) is 0 Å². The van der Waals surface area contributed by atoms with Crippen LogP contribution >= 0.6 is 0 Å². The quantitative estimate of drug-likeness (QED) is 0.797. The molecule has 6 nitrogen and oxygen atoms in total. The first-order chi connectivity index (χ1) is 9.27. The molecule has 1 aromatic rings. The fourth-order valence-corrected chi connectivity index (χ4v) is 2.16. The van der Waals surface area contributed by atoms with Crippen molar-refractivity contribution in [2.45, 2.75) is 13.0 Å². The molecule has 0 radical (unpaired) electrons. The van der Waals surface area contributed by atoms with E-state index in [1.54, 1.807) is 20.2 Å². The molecule has 2 rings (SSSR count). The summed E-state index contributed by atoms with van der Waals surface area (Å²) in [7, 11) is 1.60. The smallest absolute Gasteiger partial charge is 0.330 e. The van der Waals surface area contributed by atoms with E-state index in [-0.39, 0.29) is 12.0 Å². The van der Waals surface area contributed by atoms with Gasteiger partial charge in [-0.25, -0.2) is 9.78 Å². The molecule has 1 fully saturated rings. The fraction of sp³-hybridized carbons (Fsp3) is 0.538. The van der Waals surface area contributed by atoms with Crippen LogP contribution < -0.4 is 15.0 Å². The molecule has 1 aliphatic rings. The Balaban J connectivity index is 2.26. The minimum atomic E-state index is -0.363. The van der Waals surface area contributed by atoms with E-state index in [0.29, 0.717) is 31.3 Å². The normalized spacial score (nSPS) is 19.1. The Morgan fingerprint density at radius 1 is 1.63 bits per heavy atom. The van der Waals surface area contributed by atoms with Crippen molar-refractivity contribution in [1.29, 1.82) is 0 Å². The Labute approximate surface area is 112 Å². The van der Waals surface area contributed by atoms with Gasteiger partial charge in [0.15, 0.2) is 11.6 Å². The highest BCUT2D eigenvalue weighted by Crippen LogP contribution is 2.27. The maximum atomic E-state index is 12.0. The van der Waals surface area contributed by atoms with Gasteiger partial charge in [0.25, 0.3) is 0 Å². The lowest BCUT2D eigenvalue weighted by Crippen LogP contribution is -2.56. The third kappa shape index (κ3) is 2.96. The molecule has 1 saturated heterocycles. The van der Waals surface area contributed by atoms with Crippen LogP contribution in [0.15, 0.2) is 18.3 Å². The molecule has 0 amide bonds. The van der Waals surface area contributed by atoms with E-state index in [1.807, 2.05) is 17.0 Å². The zero-order valence-electron chi connectivity index (χ0n) is 11.3. The molecule has 1 atom stereocenters. The van der Waals surface area contributed by atoms with Gasteiger partial charge in [0.1, 0.15) is 6.04 Å². The van der Waals surface area contributed by atoms with Gasteiger partial charge < -0.3 is 19.7 Å².